The summed E-state index contributed by atoms with van der Waals surface area (Å²) >= 11 is 6.17. The van der Waals surface area contributed by atoms with Crippen LogP contribution in [0.25, 0.3) is 11.1 Å². The van der Waals surface area contributed by atoms with Crippen LogP contribution in [0.15, 0.2) is 60.6 Å². The normalized spacial score (nSPS) is 15.2. The van der Waals surface area contributed by atoms with Crippen molar-refractivity contribution in [3.63, 3.8) is 0 Å². The summed E-state index contributed by atoms with van der Waals surface area (Å²) in [6, 6.07) is 12.9. The zero-order valence-electron chi connectivity index (χ0n) is 10.8. The predicted octanol–water partition coefficient (Wildman–Crippen LogP) is 5.29. The summed E-state index contributed by atoms with van der Waals surface area (Å²) in [6.45, 7) is 0. The highest BCUT2D eigenvalue weighted by molar-refractivity contribution is 6.32. The molecule has 0 amide bonds. The van der Waals surface area contributed by atoms with Gasteiger partial charge in [-0.05, 0) is 31.0 Å². The minimum absolute atomic E-state index is 0.219. The quantitative estimate of drug-likeness (QED) is 0.730. The topological polar surface area (TPSA) is 12.9 Å². The summed E-state index contributed by atoms with van der Waals surface area (Å²) in [5.74, 6) is -0.219. The summed E-state index contributed by atoms with van der Waals surface area (Å²) in [5, 5.41) is 0.566. The Labute approximate surface area is 122 Å². The number of allylic oxidation sites excluding steroid dienone is 4. The molecule has 0 aliphatic heterocycles. The molecule has 1 aromatic carbocycles. The van der Waals surface area contributed by atoms with E-state index >= 15 is 0 Å². The lowest BCUT2D eigenvalue weighted by molar-refractivity contribution is 0.666. The van der Waals surface area contributed by atoms with Gasteiger partial charge in [-0.15, -0.1) is 0 Å². The number of rotatable bonds is 2. The summed E-state index contributed by atoms with van der Waals surface area (Å²) < 4.78 is 14.8. The van der Waals surface area contributed by atoms with Crippen LogP contribution >= 0.6 is 11.6 Å². The first kappa shape index (κ1) is 13.1. The van der Waals surface area contributed by atoms with E-state index in [1.165, 1.54) is 0 Å². The van der Waals surface area contributed by atoms with Crippen LogP contribution in [0.2, 0.25) is 5.02 Å². The molecule has 0 radical (unpaired) electrons. The fourth-order valence-corrected chi connectivity index (χ4v) is 2.65. The van der Waals surface area contributed by atoms with Crippen molar-refractivity contribution < 1.29 is 4.39 Å². The molecule has 1 nitrogen and oxygen atoms in total. The van der Waals surface area contributed by atoms with Crippen molar-refractivity contribution in [3.05, 3.63) is 76.8 Å². The van der Waals surface area contributed by atoms with Crippen LogP contribution in [0.4, 0.5) is 4.39 Å². The third kappa shape index (κ3) is 2.39. The third-order valence-electron chi connectivity index (χ3n) is 3.38. The molecule has 0 atom stereocenters. The van der Waals surface area contributed by atoms with Crippen LogP contribution in [0.5, 0.6) is 0 Å². The van der Waals surface area contributed by atoms with Gasteiger partial charge in [0.2, 0.25) is 0 Å². The van der Waals surface area contributed by atoms with Gasteiger partial charge in [0.15, 0.2) is 0 Å². The third-order valence-corrected chi connectivity index (χ3v) is 3.71. The van der Waals surface area contributed by atoms with Crippen LogP contribution in [-0.2, 0) is 0 Å². The number of halogens is 2. The monoisotopic (exact) mass is 285 g/mol. The van der Waals surface area contributed by atoms with Crippen LogP contribution in [0, 0.1) is 0 Å². The van der Waals surface area contributed by atoms with Crippen molar-refractivity contribution in [1.82, 2.24) is 4.98 Å². The van der Waals surface area contributed by atoms with E-state index in [0.29, 0.717) is 28.3 Å². The largest absolute Gasteiger partial charge is 0.256 e. The Morgan fingerprint density at radius 3 is 2.60 bits per heavy atom. The molecule has 0 saturated heterocycles. The smallest absolute Gasteiger partial charge is 0.136 e. The Balaban J connectivity index is 2.08. The molecule has 20 heavy (non-hydrogen) atoms. The lowest BCUT2D eigenvalue weighted by Gasteiger charge is -2.17. The van der Waals surface area contributed by atoms with Crippen LogP contribution in [0.3, 0.4) is 0 Å². The Morgan fingerprint density at radius 2 is 1.85 bits per heavy atom. The van der Waals surface area contributed by atoms with E-state index in [2.05, 4.69) is 4.98 Å². The van der Waals surface area contributed by atoms with Gasteiger partial charge in [0.05, 0.1) is 5.69 Å². The average Bonchev–Trinajstić information content (AvgIpc) is 2.49. The van der Waals surface area contributed by atoms with Gasteiger partial charge in [0.1, 0.15) is 5.83 Å². The SMILES string of the molecule is FC1=C(c2ccccn2)CCC=C1c1ccccc1Cl. The van der Waals surface area contributed by atoms with E-state index in [0.717, 1.165) is 12.0 Å². The van der Waals surface area contributed by atoms with Crippen molar-refractivity contribution in [2.24, 2.45) is 0 Å². The molecule has 3 heteroatoms. The highest BCUT2D eigenvalue weighted by atomic mass is 35.5. The van der Waals surface area contributed by atoms with E-state index in [1.807, 2.05) is 42.5 Å². The molecular formula is C17H13ClFN. The molecule has 1 aliphatic rings. The first-order chi connectivity index (χ1) is 9.77. The zero-order chi connectivity index (χ0) is 13.9. The number of aromatic nitrogens is 1. The van der Waals surface area contributed by atoms with E-state index in [-0.39, 0.29) is 5.83 Å². The first-order valence-corrected chi connectivity index (χ1v) is 6.90. The maximum absolute atomic E-state index is 14.8. The Kier molecular flexibility index (Phi) is 3.66. The molecule has 100 valence electrons. The molecule has 0 spiro atoms. The van der Waals surface area contributed by atoms with Crippen LogP contribution < -0.4 is 0 Å². The molecule has 2 aromatic rings. The van der Waals surface area contributed by atoms with E-state index in [4.69, 9.17) is 11.6 Å². The van der Waals surface area contributed by atoms with E-state index < -0.39 is 0 Å². The summed E-state index contributed by atoms with van der Waals surface area (Å²) in [7, 11) is 0. The molecule has 1 heterocycles. The fourth-order valence-electron chi connectivity index (χ4n) is 2.41. The predicted molar refractivity (Wildman–Crippen MR) is 80.9 cm³/mol. The summed E-state index contributed by atoms with van der Waals surface area (Å²) in [6.07, 6.45) is 5.04. The number of pyridine rings is 1. The van der Waals surface area contributed by atoms with Gasteiger partial charge < -0.3 is 0 Å². The van der Waals surface area contributed by atoms with Gasteiger partial charge in [0, 0.05) is 27.9 Å². The van der Waals surface area contributed by atoms with E-state index in [1.54, 1.807) is 12.3 Å². The van der Waals surface area contributed by atoms with Gasteiger partial charge in [-0.3, -0.25) is 4.98 Å². The number of nitrogens with zero attached hydrogens (tertiary/aromatic N) is 1. The van der Waals surface area contributed by atoms with Gasteiger partial charge in [-0.2, -0.15) is 0 Å². The molecule has 0 N–H and O–H groups in total. The maximum Gasteiger partial charge on any atom is 0.136 e. The Hall–Kier alpha value is -1.93. The Bertz CT molecular complexity index is 689. The van der Waals surface area contributed by atoms with Gasteiger partial charge >= 0.3 is 0 Å². The molecular weight excluding hydrogens is 273 g/mol. The molecule has 0 unspecified atom stereocenters. The van der Waals surface area contributed by atoms with E-state index in [9.17, 15) is 4.39 Å². The summed E-state index contributed by atoms with van der Waals surface area (Å²) in [5.41, 5.74) is 2.66. The molecule has 1 aromatic heterocycles. The minimum atomic E-state index is -0.219. The molecule has 0 bridgehead atoms. The Morgan fingerprint density at radius 1 is 1.05 bits per heavy atom. The number of benzene rings is 1. The summed E-state index contributed by atoms with van der Waals surface area (Å²) in [4.78, 5) is 4.25. The average molecular weight is 286 g/mol. The number of hydrogen-bond acceptors (Lipinski definition) is 1. The van der Waals surface area contributed by atoms with Gasteiger partial charge in [-0.25, -0.2) is 4.39 Å². The molecule has 1 aliphatic carbocycles. The molecule has 0 saturated carbocycles. The second-order valence-corrected chi connectivity index (χ2v) is 5.05. The highest BCUT2D eigenvalue weighted by Gasteiger charge is 2.20. The van der Waals surface area contributed by atoms with Gasteiger partial charge in [0.25, 0.3) is 0 Å². The van der Waals surface area contributed by atoms with Crippen molar-refractivity contribution >= 4 is 22.7 Å². The lowest BCUT2D eigenvalue weighted by atomic mass is 9.91. The molecule has 0 fully saturated rings. The second kappa shape index (κ2) is 5.59. The minimum Gasteiger partial charge on any atom is -0.256 e. The van der Waals surface area contributed by atoms with Crippen molar-refractivity contribution in [2.75, 3.05) is 0 Å². The zero-order valence-corrected chi connectivity index (χ0v) is 11.6. The van der Waals surface area contributed by atoms with Crippen LogP contribution in [0.1, 0.15) is 24.1 Å². The molecule has 3 rings (SSSR count). The second-order valence-electron chi connectivity index (χ2n) is 4.64. The van der Waals surface area contributed by atoms with Crippen molar-refractivity contribution in [2.45, 2.75) is 12.8 Å². The fraction of sp³-hybridized carbons (Fsp3) is 0.118. The highest BCUT2D eigenvalue weighted by Crippen LogP contribution is 2.39. The van der Waals surface area contributed by atoms with Crippen LogP contribution in [-0.4, -0.2) is 4.98 Å². The maximum atomic E-state index is 14.8. The standard InChI is InChI=1S/C17H13ClFN/c18-15-9-2-1-6-12(15)13-7-5-8-14(17(13)19)16-10-3-4-11-20-16/h1-4,6-7,9-11H,5,8H2. The number of hydrogen-bond donors (Lipinski definition) is 0. The first-order valence-electron chi connectivity index (χ1n) is 6.53. The lowest BCUT2D eigenvalue weighted by Crippen LogP contribution is -1.99. The van der Waals surface area contributed by atoms with Crippen molar-refractivity contribution in [1.29, 1.82) is 0 Å². The van der Waals surface area contributed by atoms with Crippen molar-refractivity contribution in [3.8, 4) is 0 Å². The van der Waals surface area contributed by atoms with Gasteiger partial charge in [-0.1, -0.05) is 41.9 Å².